The molecule has 0 bridgehead atoms. The highest BCUT2D eigenvalue weighted by atomic mass is 32.1. The number of carbonyl (C=O) groups is 1. The monoisotopic (exact) mass is 300 g/mol. The maximum Gasteiger partial charge on any atom is 0.264 e. The molecule has 6 heteroatoms. The van der Waals surface area contributed by atoms with Gasteiger partial charge in [0.1, 0.15) is 0 Å². The number of aryl methyl sites for hydroxylation is 1. The van der Waals surface area contributed by atoms with E-state index < -0.39 is 0 Å². The van der Waals surface area contributed by atoms with E-state index in [1.807, 2.05) is 37.5 Å². The van der Waals surface area contributed by atoms with Gasteiger partial charge >= 0.3 is 0 Å². The first-order valence-corrected chi connectivity index (χ1v) is 7.36. The minimum absolute atomic E-state index is 0.0126. The molecule has 0 aliphatic heterocycles. The molecule has 0 aliphatic rings. The molecule has 21 heavy (non-hydrogen) atoms. The van der Waals surface area contributed by atoms with Gasteiger partial charge in [-0.1, -0.05) is 0 Å². The molecule has 2 aromatic heterocycles. The van der Waals surface area contributed by atoms with Gasteiger partial charge in [-0.15, -0.1) is 11.3 Å². The zero-order valence-corrected chi connectivity index (χ0v) is 12.7. The van der Waals surface area contributed by atoms with Crippen molar-refractivity contribution in [1.29, 1.82) is 0 Å². The van der Waals surface area contributed by atoms with E-state index in [4.69, 9.17) is 5.73 Å². The first-order valence-electron chi connectivity index (χ1n) is 6.55. The predicted octanol–water partition coefficient (Wildman–Crippen LogP) is 2.49. The van der Waals surface area contributed by atoms with Gasteiger partial charge in [0.25, 0.3) is 5.91 Å². The van der Waals surface area contributed by atoms with Gasteiger partial charge in [0, 0.05) is 42.8 Å². The number of hydrogen-bond donors (Lipinski definition) is 1. The first-order chi connectivity index (χ1) is 10.0. The maximum atomic E-state index is 12.5. The van der Waals surface area contributed by atoms with Gasteiger partial charge in [0.15, 0.2) is 0 Å². The summed E-state index contributed by atoms with van der Waals surface area (Å²) in [6, 6.07) is 7.60. The average Bonchev–Trinajstić information content (AvgIpc) is 3.03. The molecule has 0 radical (unpaired) electrons. The fourth-order valence-electron chi connectivity index (χ4n) is 2.25. The molecule has 3 rings (SSSR count). The molecule has 1 amide bonds. The molecule has 0 aliphatic carbocycles. The Kier molecular flexibility index (Phi) is 3.39. The van der Waals surface area contributed by atoms with E-state index in [0.717, 1.165) is 20.5 Å². The van der Waals surface area contributed by atoms with Crippen LogP contribution in [0.5, 0.6) is 0 Å². The second-order valence-electron chi connectivity index (χ2n) is 5.09. The van der Waals surface area contributed by atoms with Crippen LogP contribution in [0.15, 0.2) is 36.7 Å². The van der Waals surface area contributed by atoms with E-state index in [1.54, 1.807) is 22.8 Å². The number of amides is 1. The number of nitrogens with two attached hydrogens (primary N) is 1. The van der Waals surface area contributed by atoms with E-state index in [9.17, 15) is 4.79 Å². The van der Waals surface area contributed by atoms with Crippen LogP contribution in [0.4, 0.5) is 5.69 Å². The molecule has 2 N–H and O–H groups in total. The van der Waals surface area contributed by atoms with Gasteiger partial charge in [-0.3, -0.25) is 9.48 Å². The summed E-state index contributed by atoms with van der Waals surface area (Å²) in [5, 5.41) is 5.13. The summed E-state index contributed by atoms with van der Waals surface area (Å²) in [6.07, 6.45) is 3.69. The summed E-state index contributed by atoms with van der Waals surface area (Å²) in [6.45, 7) is 0.545. The molecule has 0 saturated carbocycles. The lowest BCUT2D eigenvalue weighted by atomic mass is 10.2. The van der Waals surface area contributed by atoms with Crippen molar-refractivity contribution in [3.8, 4) is 0 Å². The fraction of sp³-hybridized carbons (Fsp3) is 0.200. The van der Waals surface area contributed by atoms with Crippen molar-refractivity contribution in [2.24, 2.45) is 7.05 Å². The molecule has 0 fully saturated rings. The standard InChI is InChI=1S/C15H16N4OS/c1-18(8-10-7-17-19(2)9-10)15(20)14-6-11-5-12(16)3-4-13(11)21-14/h3-7,9H,8,16H2,1-2H3. The lowest BCUT2D eigenvalue weighted by Gasteiger charge is -2.14. The second kappa shape index (κ2) is 5.21. The number of rotatable bonds is 3. The Morgan fingerprint density at radius 1 is 1.43 bits per heavy atom. The number of anilines is 1. The number of thiophene rings is 1. The Balaban J connectivity index is 1.82. The van der Waals surface area contributed by atoms with Crippen LogP contribution in [0, 0.1) is 0 Å². The molecule has 0 atom stereocenters. The molecule has 2 heterocycles. The molecule has 1 aromatic carbocycles. The number of benzene rings is 1. The highest BCUT2D eigenvalue weighted by Gasteiger charge is 2.15. The average molecular weight is 300 g/mol. The normalized spacial score (nSPS) is 11.0. The van der Waals surface area contributed by atoms with E-state index in [1.165, 1.54) is 11.3 Å². The van der Waals surface area contributed by atoms with Crippen molar-refractivity contribution in [2.75, 3.05) is 12.8 Å². The topological polar surface area (TPSA) is 64.2 Å². The largest absolute Gasteiger partial charge is 0.399 e. The summed E-state index contributed by atoms with van der Waals surface area (Å²) in [5.74, 6) is 0.0126. The summed E-state index contributed by atoms with van der Waals surface area (Å²) in [7, 11) is 3.66. The molecule has 3 aromatic rings. The van der Waals surface area contributed by atoms with Crippen molar-refractivity contribution in [3.05, 3.63) is 47.1 Å². The second-order valence-corrected chi connectivity index (χ2v) is 6.18. The smallest absolute Gasteiger partial charge is 0.264 e. The van der Waals surface area contributed by atoms with Gasteiger partial charge in [0.05, 0.1) is 11.1 Å². The van der Waals surface area contributed by atoms with Crippen molar-refractivity contribution < 1.29 is 4.79 Å². The number of carbonyl (C=O) groups excluding carboxylic acids is 1. The Bertz CT molecular complexity index is 805. The molecule has 0 spiro atoms. The first kappa shape index (κ1) is 13.6. The third-order valence-corrected chi connectivity index (χ3v) is 4.38. The Morgan fingerprint density at radius 3 is 2.95 bits per heavy atom. The lowest BCUT2D eigenvalue weighted by Crippen LogP contribution is -2.25. The molecular weight excluding hydrogens is 284 g/mol. The summed E-state index contributed by atoms with van der Waals surface area (Å²) in [4.78, 5) is 14.9. The fourth-order valence-corrected chi connectivity index (χ4v) is 3.29. The maximum absolute atomic E-state index is 12.5. The number of hydrogen-bond acceptors (Lipinski definition) is 4. The van der Waals surface area contributed by atoms with Crippen LogP contribution in [0.3, 0.4) is 0 Å². The van der Waals surface area contributed by atoms with Crippen LogP contribution < -0.4 is 5.73 Å². The third kappa shape index (κ3) is 2.75. The lowest BCUT2D eigenvalue weighted by molar-refractivity contribution is 0.0790. The zero-order chi connectivity index (χ0) is 15.0. The van der Waals surface area contributed by atoms with Crippen molar-refractivity contribution in [2.45, 2.75) is 6.54 Å². The van der Waals surface area contributed by atoms with Crippen molar-refractivity contribution >= 4 is 33.0 Å². The van der Waals surface area contributed by atoms with Gasteiger partial charge in [-0.05, 0) is 29.7 Å². The summed E-state index contributed by atoms with van der Waals surface area (Å²) < 4.78 is 2.80. The Morgan fingerprint density at radius 2 is 2.24 bits per heavy atom. The number of nitrogens with zero attached hydrogens (tertiary/aromatic N) is 3. The molecule has 0 unspecified atom stereocenters. The van der Waals surface area contributed by atoms with Crippen LogP contribution in [0.2, 0.25) is 0 Å². The predicted molar refractivity (Wildman–Crippen MR) is 85.2 cm³/mol. The van der Waals surface area contributed by atoms with Crippen LogP contribution >= 0.6 is 11.3 Å². The van der Waals surface area contributed by atoms with Crippen molar-refractivity contribution in [3.63, 3.8) is 0 Å². The van der Waals surface area contributed by atoms with Crippen LogP contribution in [0.25, 0.3) is 10.1 Å². The molecule has 108 valence electrons. The number of fused-ring (bicyclic) bond motifs is 1. The van der Waals surface area contributed by atoms with Gasteiger partial charge in [0.2, 0.25) is 0 Å². The van der Waals surface area contributed by atoms with Crippen LogP contribution in [0.1, 0.15) is 15.2 Å². The van der Waals surface area contributed by atoms with Crippen LogP contribution in [-0.4, -0.2) is 27.6 Å². The highest BCUT2D eigenvalue weighted by Crippen LogP contribution is 2.28. The number of aromatic nitrogens is 2. The zero-order valence-electron chi connectivity index (χ0n) is 11.9. The van der Waals surface area contributed by atoms with Crippen molar-refractivity contribution in [1.82, 2.24) is 14.7 Å². The third-order valence-electron chi connectivity index (χ3n) is 3.28. The minimum atomic E-state index is 0.0126. The van der Waals surface area contributed by atoms with Gasteiger partial charge < -0.3 is 10.6 Å². The summed E-state index contributed by atoms with van der Waals surface area (Å²) in [5.41, 5.74) is 7.50. The molecule has 5 nitrogen and oxygen atoms in total. The quantitative estimate of drug-likeness (QED) is 0.756. The molecular formula is C15H16N4OS. The van der Waals surface area contributed by atoms with E-state index in [-0.39, 0.29) is 5.91 Å². The van der Waals surface area contributed by atoms with Gasteiger partial charge in [-0.2, -0.15) is 5.10 Å². The van der Waals surface area contributed by atoms with E-state index in [2.05, 4.69) is 5.10 Å². The van der Waals surface area contributed by atoms with E-state index in [0.29, 0.717) is 12.2 Å². The van der Waals surface area contributed by atoms with Crippen LogP contribution in [-0.2, 0) is 13.6 Å². The SMILES string of the molecule is CN(Cc1cnn(C)c1)C(=O)c1cc2cc(N)ccc2s1. The number of nitrogen functional groups attached to an aromatic ring is 1. The Hall–Kier alpha value is -2.34. The summed E-state index contributed by atoms with van der Waals surface area (Å²) >= 11 is 1.49. The Labute approximate surface area is 126 Å². The van der Waals surface area contributed by atoms with Gasteiger partial charge in [-0.25, -0.2) is 0 Å². The molecule has 0 saturated heterocycles. The minimum Gasteiger partial charge on any atom is -0.399 e. The highest BCUT2D eigenvalue weighted by molar-refractivity contribution is 7.20. The van der Waals surface area contributed by atoms with E-state index >= 15 is 0 Å².